The van der Waals surface area contributed by atoms with E-state index in [0.717, 1.165) is 7.28 Å². The van der Waals surface area contributed by atoms with Crippen molar-refractivity contribution in [1.82, 2.24) is 0 Å². The van der Waals surface area contributed by atoms with Gasteiger partial charge in [-0.3, -0.25) is 4.79 Å². The summed E-state index contributed by atoms with van der Waals surface area (Å²) in [6.07, 6.45) is -1.13. The number of carbonyl (C=O) groups is 1. The topological polar surface area (TPSA) is 46.5 Å². The van der Waals surface area contributed by atoms with Gasteiger partial charge in [-0.2, -0.15) is 0 Å². The van der Waals surface area contributed by atoms with E-state index in [4.69, 9.17) is 4.74 Å². The van der Waals surface area contributed by atoms with Crippen LogP contribution in [-0.2, 0) is 0 Å². The molecular weight excluding hydrogens is 251 g/mol. The molecule has 1 atom stereocenters. The van der Waals surface area contributed by atoms with Gasteiger partial charge in [0.1, 0.15) is 11.9 Å². The zero-order valence-electron chi connectivity index (χ0n) is 11.7. The lowest BCUT2D eigenvalue weighted by Crippen LogP contribution is -2.15. The van der Waals surface area contributed by atoms with Gasteiger partial charge in [-0.1, -0.05) is 36.6 Å². The van der Waals surface area contributed by atoms with Gasteiger partial charge < -0.3 is 9.84 Å². The Kier molecular flexibility index (Phi) is 4.59. The van der Waals surface area contributed by atoms with Crippen LogP contribution in [0.4, 0.5) is 0 Å². The van der Waals surface area contributed by atoms with Crippen molar-refractivity contribution >= 4 is 18.5 Å². The van der Waals surface area contributed by atoms with Crippen molar-refractivity contribution < 1.29 is 14.6 Å². The molecule has 0 amide bonds. The first-order valence-electron chi connectivity index (χ1n) is 6.61. The van der Waals surface area contributed by atoms with Crippen LogP contribution < -0.4 is 10.2 Å². The molecule has 2 aromatic carbocycles. The molecule has 102 valence electrons. The second-order valence-corrected chi connectivity index (χ2v) is 4.59. The summed E-state index contributed by atoms with van der Waals surface area (Å²) in [7, 11) is 2.50. The van der Waals surface area contributed by atoms with Gasteiger partial charge in [0, 0.05) is 5.56 Å². The van der Waals surface area contributed by atoms with Crippen LogP contribution in [0.2, 0.25) is 6.82 Å². The molecular formula is C16H17BO3. The summed E-state index contributed by atoms with van der Waals surface area (Å²) in [5, 5.41) is 10.2. The summed E-state index contributed by atoms with van der Waals surface area (Å²) in [6.45, 7) is 2.06. The lowest BCUT2D eigenvalue weighted by atomic mass is 9.73. The van der Waals surface area contributed by atoms with Crippen LogP contribution in [-0.4, -0.2) is 25.3 Å². The highest BCUT2D eigenvalue weighted by Gasteiger charge is 2.19. The highest BCUT2D eigenvalue weighted by atomic mass is 16.5. The zero-order valence-corrected chi connectivity index (χ0v) is 11.7. The molecule has 0 heterocycles. The van der Waals surface area contributed by atoms with Gasteiger partial charge >= 0.3 is 0 Å². The molecule has 0 saturated heterocycles. The molecule has 0 spiro atoms. The predicted octanol–water partition coefficient (Wildman–Crippen LogP) is 1.72. The molecule has 1 N–H and O–H groups in total. The number of rotatable bonds is 5. The number of methoxy groups -OCH3 is 1. The van der Waals surface area contributed by atoms with Crippen molar-refractivity contribution in [2.24, 2.45) is 0 Å². The van der Waals surface area contributed by atoms with E-state index in [1.54, 1.807) is 43.5 Å². The second kappa shape index (κ2) is 6.39. The number of carbonyl (C=O) groups excluding carboxylic acids is 1. The first-order chi connectivity index (χ1) is 9.65. The number of hydrogen-bond acceptors (Lipinski definition) is 3. The molecule has 0 aliphatic carbocycles. The Hall–Kier alpha value is -2.07. The molecule has 0 fully saturated rings. The predicted molar refractivity (Wildman–Crippen MR) is 81.4 cm³/mol. The van der Waals surface area contributed by atoms with Gasteiger partial charge in [0.25, 0.3) is 0 Å². The minimum Gasteiger partial charge on any atom is -0.497 e. The van der Waals surface area contributed by atoms with Crippen molar-refractivity contribution in [2.75, 3.05) is 7.11 Å². The third-order valence-electron chi connectivity index (χ3n) is 3.33. The van der Waals surface area contributed by atoms with Crippen molar-refractivity contribution in [3.63, 3.8) is 0 Å². The molecule has 2 aromatic rings. The number of ether oxygens (including phenoxy) is 1. The monoisotopic (exact) mass is 268 g/mol. The quantitative estimate of drug-likeness (QED) is 0.663. The van der Waals surface area contributed by atoms with Gasteiger partial charge in [0.05, 0.1) is 7.11 Å². The molecule has 0 aliphatic heterocycles. The Labute approximate surface area is 119 Å². The van der Waals surface area contributed by atoms with Gasteiger partial charge in [-0.05, 0) is 29.8 Å². The molecule has 0 saturated carbocycles. The van der Waals surface area contributed by atoms with Crippen LogP contribution in [0.1, 0.15) is 22.0 Å². The maximum absolute atomic E-state index is 12.2. The van der Waals surface area contributed by atoms with E-state index in [0.29, 0.717) is 16.9 Å². The Morgan fingerprint density at radius 2 is 1.70 bits per heavy atom. The molecule has 0 aliphatic rings. The van der Waals surface area contributed by atoms with E-state index >= 15 is 0 Å². The number of benzene rings is 2. The third-order valence-corrected chi connectivity index (χ3v) is 3.33. The molecule has 4 heteroatoms. The summed E-state index contributed by atoms with van der Waals surface area (Å²) in [6, 6.07) is 14.2. The van der Waals surface area contributed by atoms with E-state index in [9.17, 15) is 9.90 Å². The van der Waals surface area contributed by atoms with Crippen molar-refractivity contribution in [1.29, 1.82) is 0 Å². The van der Waals surface area contributed by atoms with Crippen LogP contribution in [0.3, 0.4) is 0 Å². The standard InChI is InChI=1S/C16H17BO3/c1-17-13-7-3-11(4-8-13)15(18)16(19)12-5-9-14(20-2)10-6-12/h3-10,15,17-18H,1-2H3. The zero-order chi connectivity index (χ0) is 14.5. The van der Waals surface area contributed by atoms with Gasteiger partial charge in [-0.25, -0.2) is 0 Å². The van der Waals surface area contributed by atoms with Crippen LogP contribution in [0, 0.1) is 0 Å². The van der Waals surface area contributed by atoms with Crippen LogP contribution in [0.25, 0.3) is 0 Å². The average Bonchev–Trinajstić information content (AvgIpc) is 2.53. The average molecular weight is 268 g/mol. The van der Waals surface area contributed by atoms with Gasteiger partial charge in [0.15, 0.2) is 13.1 Å². The fourth-order valence-electron chi connectivity index (χ4n) is 2.00. The van der Waals surface area contributed by atoms with E-state index < -0.39 is 6.10 Å². The second-order valence-electron chi connectivity index (χ2n) is 4.59. The van der Waals surface area contributed by atoms with Crippen molar-refractivity contribution in [2.45, 2.75) is 12.9 Å². The Morgan fingerprint density at radius 3 is 2.20 bits per heavy atom. The Morgan fingerprint density at radius 1 is 1.10 bits per heavy atom. The van der Waals surface area contributed by atoms with Crippen LogP contribution in [0.5, 0.6) is 5.75 Å². The largest absolute Gasteiger partial charge is 0.497 e. The lowest BCUT2D eigenvalue weighted by Gasteiger charge is -2.11. The number of aliphatic hydroxyl groups excluding tert-OH is 1. The number of aliphatic hydroxyl groups is 1. The van der Waals surface area contributed by atoms with Gasteiger partial charge in [0.2, 0.25) is 0 Å². The summed E-state index contributed by atoms with van der Waals surface area (Å²) in [4.78, 5) is 12.2. The highest BCUT2D eigenvalue weighted by Crippen LogP contribution is 2.19. The highest BCUT2D eigenvalue weighted by molar-refractivity contribution is 6.51. The Bertz CT molecular complexity index is 576. The molecule has 0 bridgehead atoms. The summed E-state index contributed by atoms with van der Waals surface area (Å²) in [5.74, 6) is 0.375. The maximum atomic E-state index is 12.2. The third kappa shape index (κ3) is 3.09. The van der Waals surface area contributed by atoms with Crippen LogP contribution >= 0.6 is 0 Å². The first kappa shape index (κ1) is 14.3. The molecule has 1 unspecified atom stereocenters. The Balaban J connectivity index is 2.17. The lowest BCUT2D eigenvalue weighted by molar-refractivity contribution is 0.0747. The fraction of sp³-hybridized carbons (Fsp3) is 0.188. The molecule has 0 aromatic heterocycles. The van der Waals surface area contributed by atoms with E-state index in [2.05, 4.69) is 6.82 Å². The molecule has 2 rings (SSSR count). The summed E-state index contributed by atoms with van der Waals surface area (Å²) >= 11 is 0. The van der Waals surface area contributed by atoms with E-state index in [-0.39, 0.29) is 5.78 Å². The number of ketones is 1. The van der Waals surface area contributed by atoms with Crippen molar-refractivity contribution in [3.8, 4) is 5.75 Å². The fourth-order valence-corrected chi connectivity index (χ4v) is 2.00. The van der Waals surface area contributed by atoms with E-state index in [1.165, 1.54) is 5.46 Å². The van der Waals surface area contributed by atoms with Crippen molar-refractivity contribution in [3.05, 3.63) is 59.7 Å². The smallest absolute Gasteiger partial charge is 0.195 e. The molecule has 20 heavy (non-hydrogen) atoms. The summed E-state index contributed by atoms with van der Waals surface area (Å²) < 4.78 is 5.05. The normalized spacial score (nSPS) is 11.8. The summed E-state index contributed by atoms with van der Waals surface area (Å²) in [5.41, 5.74) is 2.26. The molecule has 0 radical (unpaired) electrons. The first-order valence-corrected chi connectivity index (χ1v) is 6.61. The van der Waals surface area contributed by atoms with E-state index in [1.807, 2.05) is 12.1 Å². The minimum atomic E-state index is -1.13. The minimum absolute atomic E-state index is 0.308. The van der Waals surface area contributed by atoms with Crippen LogP contribution in [0.15, 0.2) is 48.5 Å². The number of hydrogen-bond donors (Lipinski definition) is 1. The number of Topliss-reactive ketones (excluding diaryl/α,β-unsaturated/α-hetero) is 1. The molecule has 3 nitrogen and oxygen atoms in total. The maximum Gasteiger partial charge on any atom is 0.195 e. The van der Waals surface area contributed by atoms with Gasteiger partial charge in [-0.15, -0.1) is 0 Å². The SMILES string of the molecule is CBc1ccc(C(O)C(=O)c2ccc(OC)cc2)cc1.